The van der Waals surface area contributed by atoms with Crippen LogP contribution in [0.3, 0.4) is 0 Å². The summed E-state index contributed by atoms with van der Waals surface area (Å²) in [6, 6.07) is 13.4. The van der Waals surface area contributed by atoms with Gasteiger partial charge in [0.25, 0.3) is 0 Å². The zero-order valence-corrected chi connectivity index (χ0v) is 27.4. The highest BCUT2D eigenvalue weighted by atomic mass is 32.2. The largest absolute Gasteiger partial charge is 0.454 e. The third-order valence-electron chi connectivity index (χ3n) is 6.91. The lowest BCUT2D eigenvalue weighted by molar-refractivity contribution is -0.121. The van der Waals surface area contributed by atoms with Crippen molar-refractivity contribution in [2.75, 3.05) is 19.9 Å². The van der Waals surface area contributed by atoms with Crippen LogP contribution in [0, 0.1) is 5.92 Å². The van der Waals surface area contributed by atoms with E-state index in [9.17, 15) is 23.1 Å². The molecule has 0 saturated carbocycles. The van der Waals surface area contributed by atoms with Gasteiger partial charge >= 0.3 is 6.09 Å². The number of alkyl carbamates (subject to hydrolysis) is 1. The first kappa shape index (κ1) is 35.1. The molecule has 0 fully saturated rings. The number of amides is 2. The first-order chi connectivity index (χ1) is 20.6. The van der Waals surface area contributed by atoms with Gasteiger partial charge in [0.05, 0.1) is 4.90 Å². The van der Waals surface area contributed by atoms with Crippen LogP contribution >= 0.6 is 0 Å². The summed E-state index contributed by atoms with van der Waals surface area (Å²) in [4.78, 5) is 24.6. The summed E-state index contributed by atoms with van der Waals surface area (Å²) in [7, 11) is -4.20. The molecule has 0 aliphatic carbocycles. The maximum Gasteiger partial charge on any atom is 0.407 e. The Morgan fingerprint density at radius 3 is 2.39 bits per heavy atom. The highest BCUT2D eigenvalue weighted by Crippen LogP contribution is 2.37. The van der Waals surface area contributed by atoms with Gasteiger partial charge in [-0.15, -0.1) is 0 Å². The highest BCUT2D eigenvalue weighted by Gasteiger charge is 2.43. The van der Waals surface area contributed by atoms with Crippen molar-refractivity contribution < 1.29 is 37.3 Å². The third-order valence-corrected chi connectivity index (χ3v) is 8.83. The molecule has 0 bridgehead atoms. The van der Waals surface area contributed by atoms with Gasteiger partial charge in [-0.05, 0) is 64.2 Å². The molecule has 2 unspecified atom stereocenters. The molecule has 1 heterocycles. The van der Waals surface area contributed by atoms with Gasteiger partial charge in [0.1, 0.15) is 11.3 Å². The maximum atomic E-state index is 14.1. The zero-order chi connectivity index (χ0) is 32.5. The molecule has 2 aromatic carbocycles. The predicted octanol–water partition coefficient (Wildman–Crippen LogP) is 4.58. The maximum absolute atomic E-state index is 14.1. The minimum Gasteiger partial charge on any atom is -0.454 e. The van der Waals surface area contributed by atoms with E-state index in [2.05, 4.69) is 10.6 Å². The van der Waals surface area contributed by atoms with E-state index in [1.54, 1.807) is 26.8 Å². The van der Waals surface area contributed by atoms with Crippen LogP contribution in [-0.2, 0) is 26.0 Å². The number of nitrogens with zero attached hydrogens (tertiary/aromatic N) is 1. The first-order valence-electron chi connectivity index (χ1n) is 15.0. The van der Waals surface area contributed by atoms with Crippen LogP contribution in [0.1, 0.15) is 72.8 Å². The van der Waals surface area contributed by atoms with Gasteiger partial charge in [0, 0.05) is 44.5 Å². The Kier molecular flexibility index (Phi) is 12.0. The summed E-state index contributed by atoms with van der Waals surface area (Å²) in [5.74, 6) is 0.444. The van der Waals surface area contributed by atoms with Crippen LogP contribution in [0.25, 0.3) is 0 Å². The van der Waals surface area contributed by atoms with E-state index in [-0.39, 0.29) is 61.9 Å². The van der Waals surface area contributed by atoms with Crippen molar-refractivity contribution in [3.05, 3.63) is 54.1 Å². The van der Waals surface area contributed by atoms with Crippen molar-refractivity contribution in [2.24, 2.45) is 5.92 Å². The van der Waals surface area contributed by atoms with E-state index in [1.165, 1.54) is 12.1 Å². The zero-order valence-electron chi connectivity index (χ0n) is 26.6. The van der Waals surface area contributed by atoms with Gasteiger partial charge in [-0.1, -0.05) is 44.2 Å². The number of hydrogen-bond donors (Lipinski definition) is 3. The quantitative estimate of drug-likeness (QED) is 0.242. The number of fused-ring (bicyclic) bond motifs is 1. The molecule has 0 spiro atoms. The number of benzene rings is 2. The Morgan fingerprint density at radius 1 is 1.05 bits per heavy atom. The normalized spacial score (nSPS) is 15.1. The molecule has 2 amide bonds. The molecule has 11 nitrogen and oxygen atoms in total. The molecule has 0 saturated heterocycles. The average Bonchev–Trinajstić information content (AvgIpc) is 3.39. The Bertz CT molecular complexity index is 1360. The van der Waals surface area contributed by atoms with Crippen LogP contribution in [0.4, 0.5) is 4.79 Å². The van der Waals surface area contributed by atoms with Gasteiger partial charge in [-0.25, -0.2) is 13.2 Å². The van der Waals surface area contributed by atoms with E-state index in [4.69, 9.17) is 14.2 Å². The standard InChI is InChI=1S/C32H47N3O8S/c1-23(2)21-35(44(39,40)26-15-16-27-28(19-26)42-22-41-27)32(38,20-25-12-8-7-9-13-25)17-18-33-29(36)14-10-11-24(3)34-30(37)43-31(4,5)6/h7-9,12-13,15-16,19,23-24,38H,10-11,14,17-18,20-22H2,1-6H3,(H,33,36)(H,34,37). The Hall–Kier alpha value is -3.35. The molecule has 12 heteroatoms. The van der Waals surface area contributed by atoms with Crippen LogP contribution in [0.5, 0.6) is 11.5 Å². The van der Waals surface area contributed by atoms with E-state index in [0.29, 0.717) is 24.3 Å². The number of sulfonamides is 1. The molecule has 2 atom stereocenters. The average molecular weight is 634 g/mol. The number of carbonyl (C=O) groups is 2. The fourth-order valence-corrected chi connectivity index (χ4v) is 6.70. The van der Waals surface area contributed by atoms with E-state index in [1.807, 2.05) is 51.1 Å². The highest BCUT2D eigenvalue weighted by molar-refractivity contribution is 7.89. The minimum atomic E-state index is -4.20. The third kappa shape index (κ3) is 10.4. The molecule has 0 radical (unpaired) electrons. The number of nitrogens with one attached hydrogen (secondary N) is 2. The number of carbonyl (C=O) groups excluding carboxylic acids is 2. The van der Waals surface area contributed by atoms with Crippen molar-refractivity contribution in [1.29, 1.82) is 0 Å². The molecule has 0 aromatic heterocycles. The lowest BCUT2D eigenvalue weighted by atomic mass is 9.98. The second kappa shape index (κ2) is 15.1. The number of hydrogen-bond acceptors (Lipinski definition) is 8. The monoisotopic (exact) mass is 633 g/mol. The SMILES string of the molecule is CC(C)CN(C(O)(CCNC(=O)CCCC(C)NC(=O)OC(C)(C)C)Cc1ccccc1)S(=O)(=O)c1ccc2c(c1)OCO2. The molecular formula is C32H47N3O8S. The topological polar surface area (TPSA) is 143 Å². The van der Waals surface area contributed by atoms with Crippen molar-refractivity contribution in [2.45, 2.75) is 95.9 Å². The molecule has 1 aliphatic rings. The Labute approximate surface area is 261 Å². The van der Waals surface area contributed by atoms with Crippen LogP contribution in [0.2, 0.25) is 0 Å². The molecule has 44 heavy (non-hydrogen) atoms. The predicted molar refractivity (Wildman–Crippen MR) is 167 cm³/mol. The molecule has 2 aromatic rings. The Balaban J connectivity index is 1.70. The summed E-state index contributed by atoms with van der Waals surface area (Å²) in [5, 5.41) is 17.8. The number of ether oxygens (including phenoxy) is 3. The lowest BCUT2D eigenvalue weighted by Crippen LogP contribution is -2.55. The van der Waals surface area contributed by atoms with E-state index >= 15 is 0 Å². The van der Waals surface area contributed by atoms with Gasteiger partial charge < -0.3 is 30.0 Å². The lowest BCUT2D eigenvalue weighted by Gasteiger charge is -2.40. The van der Waals surface area contributed by atoms with Crippen molar-refractivity contribution >= 4 is 22.0 Å². The number of aliphatic hydroxyl groups is 1. The van der Waals surface area contributed by atoms with Crippen molar-refractivity contribution in [3.8, 4) is 11.5 Å². The van der Waals surface area contributed by atoms with Gasteiger partial charge in [-0.3, -0.25) is 4.79 Å². The Morgan fingerprint density at radius 2 is 1.73 bits per heavy atom. The van der Waals surface area contributed by atoms with Gasteiger partial charge in [0.15, 0.2) is 11.5 Å². The van der Waals surface area contributed by atoms with Crippen LogP contribution in [0.15, 0.2) is 53.4 Å². The summed E-state index contributed by atoms with van der Waals surface area (Å²) in [6.07, 6.45) is 0.779. The van der Waals surface area contributed by atoms with E-state index < -0.39 is 27.4 Å². The second-order valence-electron chi connectivity index (χ2n) is 12.6. The van der Waals surface area contributed by atoms with Crippen LogP contribution < -0.4 is 20.1 Å². The summed E-state index contributed by atoms with van der Waals surface area (Å²) < 4.78 is 45.4. The molecule has 3 rings (SSSR count). The molecule has 3 N–H and O–H groups in total. The summed E-state index contributed by atoms with van der Waals surface area (Å²) in [5.41, 5.74) is -1.69. The van der Waals surface area contributed by atoms with Gasteiger partial charge in [0.2, 0.25) is 22.7 Å². The smallest absolute Gasteiger partial charge is 0.407 e. The molecular weight excluding hydrogens is 586 g/mol. The fourth-order valence-electron chi connectivity index (χ4n) is 4.85. The second-order valence-corrected chi connectivity index (χ2v) is 14.5. The molecule has 1 aliphatic heterocycles. The van der Waals surface area contributed by atoms with Crippen molar-refractivity contribution in [1.82, 2.24) is 14.9 Å². The summed E-state index contributed by atoms with van der Waals surface area (Å²) >= 11 is 0. The van der Waals surface area contributed by atoms with E-state index in [0.717, 1.165) is 9.87 Å². The molecule has 244 valence electrons. The summed E-state index contributed by atoms with van der Waals surface area (Å²) in [6.45, 7) is 11.1. The fraction of sp³-hybridized carbons (Fsp3) is 0.562. The first-order valence-corrected chi connectivity index (χ1v) is 16.5. The van der Waals surface area contributed by atoms with Crippen LogP contribution in [-0.4, -0.2) is 67.1 Å². The van der Waals surface area contributed by atoms with Gasteiger partial charge in [-0.2, -0.15) is 4.31 Å². The van der Waals surface area contributed by atoms with Crippen molar-refractivity contribution in [3.63, 3.8) is 0 Å². The number of rotatable bonds is 15. The minimum absolute atomic E-state index is 0.00531.